The number of rotatable bonds is 11. The fourth-order valence-electron chi connectivity index (χ4n) is 5.82. The Labute approximate surface area is 308 Å². The second-order valence-electron chi connectivity index (χ2n) is 12.3. The van der Waals surface area contributed by atoms with E-state index in [0.717, 1.165) is 35.3 Å². The van der Waals surface area contributed by atoms with Crippen LogP contribution in [0.5, 0.6) is 0 Å². The first kappa shape index (κ1) is 35.8. The normalized spacial score (nSPS) is 14.3. The SMILES string of the molecule is CC1CCc2c(sc(NC(=O)C(Sc3cccc(NC(=O)/C(=C\c4ccc([N+](=O)[O-])cc4)NC(=O)c4ccccc4)c3)c3ccccc3)c2C#N)C1. The summed E-state index contributed by atoms with van der Waals surface area (Å²) in [5, 5.41) is 29.6. The third kappa shape index (κ3) is 8.63. The van der Waals surface area contributed by atoms with Gasteiger partial charge in [0.1, 0.15) is 22.0 Å². The van der Waals surface area contributed by atoms with Gasteiger partial charge in [0.2, 0.25) is 5.91 Å². The standard InChI is InChI=1S/C40H33N5O5S2/c1-25-15-20-32-33(24-41)40(52-35(32)21-25)44-39(48)36(27-9-4-2-5-10-27)51-31-14-8-13-29(23-31)42-38(47)34(43-37(46)28-11-6-3-7-12-28)22-26-16-18-30(19-17-26)45(49)50/h2-14,16-19,22-23,25,36H,15,20-21H2,1H3,(H,42,47)(H,43,46)(H,44,48)/b34-22+. The number of thioether (sulfide) groups is 1. The largest absolute Gasteiger partial charge is 0.321 e. The van der Waals surface area contributed by atoms with Crippen LogP contribution in [0.25, 0.3) is 6.08 Å². The highest BCUT2D eigenvalue weighted by Crippen LogP contribution is 2.42. The van der Waals surface area contributed by atoms with Gasteiger partial charge < -0.3 is 16.0 Å². The molecule has 1 aliphatic carbocycles. The van der Waals surface area contributed by atoms with Crippen LogP contribution < -0.4 is 16.0 Å². The number of nitrogens with one attached hydrogen (secondary N) is 3. The van der Waals surface area contributed by atoms with Crippen molar-refractivity contribution in [1.82, 2.24) is 5.32 Å². The Kier molecular flexibility index (Phi) is 11.2. The number of nitrogens with zero attached hydrogens (tertiary/aromatic N) is 2. The van der Waals surface area contributed by atoms with E-state index in [0.29, 0.717) is 38.2 Å². The molecule has 4 aromatic carbocycles. The van der Waals surface area contributed by atoms with Gasteiger partial charge in [-0.15, -0.1) is 23.1 Å². The maximum atomic E-state index is 14.0. The van der Waals surface area contributed by atoms with Gasteiger partial charge in [0.25, 0.3) is 17.5 Å². The number of nitriles is 1. The molecule has 2 atom stereocenters. The minimum absolute atomic E-state index is 0.0800. The Hall–Kier alpha value is -6.03. The zero-order chi connectivity index (χ0) is 36.6. The molecule has 0 aliphatic heterocycles. The van der Waals surface area contributed by atoms with Gasteiger partial charge in [-0.2, -0.15) is 5.26 Å². The second-order valence-corrected chi connectivity index (χ2v) is 14.6. The average molecular weight is 728 g/mol. The lowest BCUT2D eigenvalue weighted by Gasteiger charge is -2.18. The summed E-state index contributed by atoms with van der Waals surface area (Å²) in [5.41, 5.74) is 3.38. The molecular weight excluding hydrogens is 695 g/mol. The minimum Gasteiger partial charge on any atom is -0.321 e. The molecule has 0 saturated carbocycles. The number of nitro benzene ring substituents is 1. The minimum atomic E-state index is -0.681. The first-order valence-corrected chi connectivity index (χ1v) is 18.2. The maximum Gasteiger partial charge on any atom is 0.272 e. The highest BCUT2D eigenvalue weighted by molar-refractivity contribution is 8.00. The number of amides is 3. The molecule has 0 saturated heterocycles. The van der Waals surface area contributed by atoms with Crippen molar-refractivity contribution in [2.75, 3.05) is 10.6 Å². The maximum absolute atomic E-state index is 14.0. The van der Waals surface area contributed by atoms with Crippen LogP contribution in [0, 0.1) is 27.4 Å². The Morgan fingerprint density at radius 1 is 0.962 bits per heavy atom. The Bertz CT molecular complexity index is 2200. The lowest BCUT2D eigenvalue weighted by molar-refractivity contribution is -0.384. The van der Waals surface area contributed by atoms with Crippen molar-refractivity contribution in [3.05, 3.63) is 158 Å². The summed E-state index contributed by atoms with van der Waals surface area (Å²) in [6.07, 6.45) is 4.16. The molecule has 260 valence electrons. The summed E-state index contributed by atoms with van der Waals surface area (Å²) >= 11 is 2.78. The van der Waals surface area contributed by atoms with Gasteiger partial charge in [-0.1, -0.05) is 61.5 Å². The number of non-ortho nitro benzene ring substituents is 1. The van der Waals surface area contributed by atoms with Gasteiger partial charge in [0.05, 0.1) is 10.5 Å². The van der Waals surface area contributed by atoms with Crippen LogP contribution in [0.15, 0.2) is 120 Å². The van der Waals surface area contributed by atoms with E-state index in [2.05, 4.69) is 28.9 Å². The summed E-state index contributed by atoms with van der Waals surface area (Å²) in [5.74, 6) is -0.880. The second kappa shape index (κ2) is 16.3. The summed E-state index contributed by atoms with van der Waals surface area (Å²) in [4.78, 5) is 53.2. The molecule has 1 aromatic heterocycles. The van der Waals surface area contributed by atoms with Gasteiger partial charge in [-0.25, -0.2) is 0 Å². The molecule has 0 fully saturated rings. The molecule has 10 nitrogen and oxygen atoms in total. The van der Waals surface area contributed by atoms with Gasteiger partial charge in [0.15, 0.2) is 0 Å². The van der Waals surface area contributed by atoms with Crippen molar-refractivity contribution >= 4 is 63.3 Å². The molecule has 0 bridgehead atoms. The van der Waals surface area contributed by atoms with Crippen molar-refractivity contribution in [2.24, 2.45) is 5.92 Å². The number of hydrogen-bond donors (Lipinski definition) is 3. The summed E-state index contributed by atoms with van der Waals surface area (Å²) < 4.78 is 0. The number of nitro groups is 1. The van der Waals surface area contributed by atoms with Gasteiger partial charge in [0, 0.05) is 33.2 Å². The van der Waals surface area contributed by atoms with Crippen molar-refractivity contribution in [3.8, 4) is 6.07 Å². The molecular formula is C40H33N5O5S2. The van der Waals surface area contributed by atoms with Gasteiger partial charge in [-0.05, 0) is 90.4 Å². The molecule has 2 unspecified atom stereocenters. The number of hydrogen-bond acceptors (Lipinski definition) is 8. The van der Waals surface area contributed by atoms with Crippen LogP contribution in [0.3, 0.4) is 0 Å². The lowest BCUT2D eigenvalue weighted by atomic mass is 9.88. The van der Waals surface area contributed by atoms with E-state index in [1.165, 1.54) is 53.4 Å². The Balaban J connectivity index is 1.24. The van der Waals surface area contributed by atoms with Crippen LogP contribution in [0.2, 0.25) is 0 Å². The van der Waals surface area contributed by atoms with Crippen LogP contribution in [-0.2, 0) is 22.4 Å². The van der Waals surface area contributed by atoms with Crippen molar-refractivity contribution in [2.45, 2.75) is 36.3 Å². The fourth-order valence-corrected chi connectivity index (χ4v) is 8.27. The van der Waals surface area contributed by atoms with Gasteiger partial charge >= 0.3 is 0 Å². The number of fused-ring (bicyclic) bond motifs is 1. The number of anilines is 2. The summed E-state index contributed by atoms with van der Waals surface area (Å²) in [6.45, 7) is 2.20. The van der Waals surface area contributed by atoms with Crippen LogP contribution in [-0.4, -0.2) is 22.6 Å². The van der Waals surface area contributed by atoms with Crippen molar-refractivity contribution < 1.29 is 19.3 Å². The first-order valence-electron chi connectivity index (χ1n) is 16.5. The predicted octanol–water partition coefficient (Wildman–Crippen LogP) is 8.53. The smallest absolute Gasteiger partial charge is 0.272 e. The number of benzene rings is 4. The highest BCUT2D eigenvalue weighted by Gasteiger charge is 2.28. The van der Waals surface area contributed by atoms with Crippen LogP contribution in [0.1, 0.15) is 56.1 Å². The average Bonchev–Trinajstić information content (AvgIpc) is 3.50. The van der Waals surface area contributed by atoms with Gasteiger partial charge in [-0.3, -0.25) is 24.5 Å². The molecule has 12 heteroatoms. The zero-order valence-electron chi connectivity index (χ0n) is 28.0. The third-order valence-electron chi connectivity index (χ3n) is 8.49. The van der Waals surface area contributed by atoms with E-state index in [-0.39, 0.29) is 17.3 Å². The molecule has 6 rings (SSSR count). The van der Waals surface area contributed by atoms with E-state index in [1.807, 2.05) is 36.4 Å². The Morgan fingerprint density at radius 2 is 1.67 bits per heavy atom. The quantitative estimate of drug-likeness (QED) is 0.0533. The molecule has 3 amide bonds. The lowest BCUT2D eigenvalue weighted by Crippen LogP contribution is -2.30. The molecule has 1 aliphatic rings. The number of carbonyl (C=O) groups is 3. The van der Waals surface area contributed by atoms with Crippen LogP contribution >= 0.6 is 23.1 Å². The van der Waals surface area contributed by atoms with Crippen LogP contribution in [0.4, 0.5) is 16.4 Å². The highest BCUT2D eigenvalue weighted by atomic mass is 32.2. The predicted molar refractivity (Wildman–Crippen MR) is 204 cm³/mol. The molecule has 1 heterocycles. The van der Waals surface area contributed by atoms with E-state index in [1.54, 1.807) is 48.5 Å². The number of carbonyl (C=O) groups excluding carboxylic acids is 3. The topological polar surface area (TPSA) is 154 Å². The summed E-state index contributed by atoms with van der Waals surface area (Å²) in [7, 11) is 0. The Morgan fingerprint density at radius 3 is 2.37 bits per heavy atom. The molecule has 3 N–H and O–H groups in total. The molecule has 5 aromatic rings. The van der Waals surface area contributed by atoms with Crippen molar-refractivity contribution in [1.29, 1.82) is 5.26 Å². The summed E-state index contributed by atoms with van der Waals surface area (Å²) in [6, 6.07) is 32.7. The molecule has 52 heavy (non-hydrogen) atoms. The fraction of sp³-hybridized carbons (Fsp3) is 0.150. The molecule has 0 radical (unpaired) electrons. The number of thiophene rings is 1. The first-order chi connectivity index (χ1) is 25.2. The molecule has 0 spiro atoms. The van der Waals surface area contributed by atoms with E-state index in [4.69, 9.17) is 0 Å². The third-order valence-corrected chi connectivity index (χ3v) is 10.9. The van der Waals surface area contributed by atoms with E-state index >= 15 is 0 Å². The van der Waals surface area contributed by atoms with E-state index < -0.39 is 22.0 Å². The zero-order valence-corrected chi connectivity index (χ0v) is 29.6. The van der Waals surface area contributed by atoms with Crippen molar-refractivity contribution in [3.63, 3.8) is 0 Å². The van der Waals surface area contributed by atoms with E-state index in [9.17, 15) is 29.8 Å². The monoisotopic (exact) mass is 727 g/mol.